The molecule has 0 radical (unpaired) electrons. The third-order valence-electron chi connectivity index (χ3n) is 3.08. The molecule has 2 aromatic rings. The first-order valence-electron chi connectivity index (χ1n) is 6.14. The second kappa shape index (κ2) is 5.88. The number of hydrogen-bond donors (Lipinski definition) is 2. The molecule has 4 nitrogen and oxygen atoms in total. The number of carbonyl (C=O) groups is 2. The van der Waals surface area contributed by atoms with Gasteiger partial charge < -0.3 is 10.4 Å². The fraction of sp³-hybridized carbons (Fsp3) is 0.200. The number of aryl methyl sites for hydroxylation is 2. The van der Waals surface area contributed by atoms with Crippen LogP contribution in [0.1, 0.15) is 27.0 Å². The highest BCUT2D eigenvalue weighted by atomic mass is 32.1. The molecule has 1 aromatic heterocycles. The lowest BCUT2D eigenvalue weighted by molar-refractivity contribution is -0.115. The Morgan fingerprint density at radius 2 is 1.95 bits per heavy atom. The van der Waals surface area contributed by atoms with E-state index in [-0.39, 0.29) is 17.9 Å². The maximum atomic E-state index is 12.0. The van der Waals surface area contributed by atoms with E-state index in [0.29, 0.717) is 5.00 Å². The first kappa shape index (κ1) is 14.3. The number of benzene rings is 1. The lowest BCUT2D eigenvalue weighted by Gasteiger charge is -2.06. The summed E-state index contributed by atoms with van der Waals surface area (Å²) in [5.74, 6) is -1.24. The summed E-state index contributed by atoms with van der Waals surface area (Å²) in [6.45, 7) is 4.02. The Labute approximate surface area is 121 Å². The van der Waals surface area contributed by atoms with Crippen molar-refractivity contribution in [2.24, 2.45) is 0 Å². The third kappa shape index (κ3) is 3.24. The summed E-state index contributed by atoms with van der Waals surface area (Å²) >= 11 is 1.21. The molecule has 0 spiro atoms. The second-order valence-corrected chi connectivity index (χ2v) is 5.53. The molecule has 1 aromatic carbocycles. The van der Waals surface area contributed by atoms with Gasteiger partial charge in [0.1, 0.15) is 5.00 Å². The number of nitrogens with one attached hydrogen (secondary N) is 1. The van der Waals surface area contributed by atoms with Crippen LogP contribution in [0.2, 0.25) is 0 Å². The van der Waals surface area contributed by atoms with Gasteiger partial charge in [0.05, 0.1) is 12.0 Å². The minimum atomic E-state index is -1.03. The topological polar surface area (TPSA) is 66.4 Å². The smallest absolute Gasteiger partial charge is 0.338 e. The molecule has 104 valence electrons. The Morgan fingerprint density at radius 3 is 2.60 bits per heavy atom. The zero-order valence-electron chi connectivity index (χ0n) is 11.3. The number of thiophene rings is 1. The van der Waals surface area contributed by atoms with Gasteiger partial charge in [-0.2, -0.15) is 0 Å². The number of anilines is 1. The predicted molar refractivity (Wildman–Crippen MR) is 79.5 cm³/mol. The van der Waals surface area contributed by atoms with Gasteiger partial charge in [-0.15, -0.1) is 11.3 Å². The van der Waals surface area contributed by atoms with Crippen LogP contribution in [0.15, 0.2) is 29.6 Å². The van der Waals surface area contributed by atoms with Crippen molar-refractivity contribution < 1.29 is 14.7 Å². The molecule has 0 saturated heterocycles. The number of rotatable bonds is 4. The van der Waals surface area contributed by atoms with E-state index in [1.165, 1.54) is 23.0 Å². The van der Waals surface area contributed by atoms with Crippen molar-refractivity contribution in [3.05, 3.63) is 51.9 Å². The number of carbonyl (C=O) groups excluding carboxylic acids is 1. The Balaban J connectivity index is 2.07. The molecular weight excluding hydrogens is 274 g/mol. The van der Waals surface area contributed by atoms with E-state index in [1.807, 2.05) is 32.0 Å². The van der Waals surface area contributed by atoms with Crippen LogP contribution in [0.3, 0.4) is 0 Å². The van der Waals surface area contributed by atoms with Crippen LogP contribution in [0, 0.1) is 13.8 Å². The van der Waals surface area contributed by atoms with Gasteiger partial charge in [0.2, 0.25) is 5.91 Å². The maximum absolute atomic E-state index is 12.0. The summed E-state index contributed by atoms with van der Waals surface area (Å²) < 4.78 is 0. The lowest BCUT2D eigenvalue weighted by Crippen LogP contribution is -2.15. The quantitative estimate of drug-likeness (QED) is 0.908. The number of amides is 1. The first-order valence-corrected chi connectivity index (χ1v) is 7.02. The standard InChI is InChI=1S/C15H15NO3S/c1-9-3-4-11(7-10(9)2)8-13(17)16-14-12(15(18)19)5-6-20-14/h3-7H,8H2,1-2H3,(H,16,17)(H,18,19). The highest BCUT2D eigenvalue weighted by molar-refractivity contribution is 7.14. The molecule has 20 heavy (non-hydrogen) atoms. The monoisotopic (exact) mass is 289 g/mol. The number of carboxylic acid groups (broad SMARTS) is 1. The summed E-state index contributed by atoms with van der Waals surface area (Å²) in [4.78, 5) is 22.9. The molecule has 0 aliphatic heterocycles. The molecule has 2 rings (SSSR count). The van der Waals surface area contributed by atoms with E-state index in [4.69, 9.17) is 5.11 Å². The van der Waals surface area contributed by atoms with Gasteiger partial charge in [-0.3, -0.25) is 4.79 Å². The minimum absolute atomic E-state index is 0.128. The van der Waals surface area contributed by atoms with Crippen molar-refractivity contribution >= 4 is 28.2 Å². The van der Waals surface area contributed by atoms with Crippen LogP contribution in [0.25, 0.3) is 0 Å². The Morgan fingerprint density at radius 1 is 1.20 bits per heavy atom. The number of carboxylic acids is 1. The summed E-state index contributed by atoms with van der Waals surface area (Å²) in [6, 6.07) is 7.35. The fourth-order valence-electron chi connectivity index (χ4n) is 1.84. The third-order valence-corrected chi connectivity index (χ3v) is 3.91. The van der Waals surface area contributed by atoms with Crippen LogP contribution in [-0.2, 0) is 11.2 Å². The van der Waals surface area contributed by atoms with Gasteiger partial charge in [-0.25, -0.2) is 4.79 Å². The van der Waals surface area contributed by atoms with Crippen LogP contribution < -0.4 is 5.32 Å². The van der Waals surface area contributed by atoms with Gasteiger partial charge in [0.15, 0.2) is 0 Å². The molecule has 0 aliphatic carbocycles. The van der Waals surface area contributed by atoms with E-state index in [2.05, 4.69) is 5.32 Å². The van der Waals surface area contributed by atoms with E-state index in [0.717, 1.165) is 11.1 Å². The normalized spacial score (nSPS) is 10.3. The molecule has 1 amide bonds. The van der Waals surface area contributed by atoms with Gasteiger partial charge in [0.25, 0.3) is 0 Å². The van der Waals surface area contributed by atoms with Crippen molar-refractivity contribution in [2.45, 2.75) is 20.3 Å². The van der Waals surface area contributed by atoms with E-state index in [9.17, 15) is 9.59 Å². The fourth-order valence-corrected chi connectivity index (χ4v) is 2.64. The van der Waals surface area contributed by atoms with Crippen LogP contribution in [-0.4, -0.2) is 17.0 Å². The average Bonchev–Trinajstić information content (AvgIpc) is 2.82. The zero-order valence-corrected chi connectivity index (χ0v) is 12.1. The first-order chi connectivity index (χ1) is 9.47. The predicted octanol–water partition coefficient (Wildman–Crippen LogP) is 3.24. The second-order valence-electron chi connectivity index (χ2n) is 4.61. The molecule has 0 fully saturated rings. The molecule has 0 saturated carbocycles. The van der Waals surface area contributed by atoms with Gasteiger partial charge in [0, 0.05) is 0 Å². The number of aromatic carboxylic acids is 1. The largest absolute Gasteiger partial charge is 0.478 e. The molecule has 0 unspecified atom stereocenters. The van der Waals surface area contributed by atoms with Crippen molar-refractivity contribution in [2.75, 3.05) is 5.32 Å². The Kier molecular flexibility index (Phi) is 4.20. The highest BCUT2D eigenvalue weighted by Gasteiger charge is 2.14. The van der Waals surface area contributed by atoms with Crippen molar-refractivity contribution in [1.29, 1.82) is 0 Å². The van der Waals surface area contributed by atoms with E-state index in [1.54, 1.807) is 5.38 Å². The molecule has 0 bridgehead atoms. The maximum Gasteiger partial charge on any atom is 0.338 e. The molecule has 0 aliphatic rings. The van der Waals surface area contributed by atoms with Crippen molar-refractivity contribution in [1.82, 2.24) is 0 Å². The number of hydrogen-bond acceptors (Lipinski definition) is 3. The van der Waals surface area contributed by atoms with Crippen LogP contribution in [0.4, 0.5) is 5.00 Å². The summed E-state index contributed by atoms with van der Waals surface area (Å²) in [7, 11) is 0. The van der Waals surface area contributed by atoms with Gasteiger partial charge in [-0.05, 0) is 42.0 Å². The van der Waals surface area contributed by atoms with Crippen LogP contribution >= 0.6 is 11.3 Å². The minimum Gasteiger partial charge on any atom is -0.478 e. The SMILES string of the molecule is Cc1ccc(CC(=O)Nc2sccc2C(=O)O)cc1C. The average molecular weight is 289 g/mol. The Bertz CT molecular complexity index is 661. The molecule has 2 N–H and O–H groups in total. The molecule has 0 atom stereocenters. The van der Waals surface area contributed by atoms with E-state index >= 15 is 0 Å². The van der Waals surface area contributed by atoms with E-state index < -0.39 is 5.97 Å². The molecular formula is C15H15NO3S. The summed E-state index contributed by atoms with van der Waals surface area (Å²) in [5, 5.41) is 13.7. The van der Waals surface area contributed by atoms with Crippen LogP contribution in [0.5, 0.6) is 0 Å². The summed E-state index contributed by atoms with van der Waals surface area (Å²) in [6.07, 6.45) is 0.234. The van der Waals surface area contributed by atoms with Crippen molar-refractivity contribution in [3.63, 3.8) is 0 Å². The summed E-state index contributed by atoms with van der Waals surface area (Å²) in [5.41, 5.74) is 3.36. The molecule has 1 heterocycles. The van der Waals surface area contributed by atoms with Gasteiger partial charge >= 0.3 is 5.97 Å². The zero-order chi connectivity index (χ0) is 14.7. The lowest BCUT2D eigenvalue weighted by atomic mass is 10.0. The van der Waals surface area contributed by atoms with Crippen molar-refractivity contribution in [3.8, 4) is 0 Å². The highest BCUT2D eigenvalue weighted by Crippen LogP contribution is 2.23. The molecule has 5 heteroatoms. The van der Waals surface area contributed by atoms with Gasteiger partial charge in [-0.1, -0.05) is 18.2 Å². The Hall–Kier alpha value is -2.14.